The largest absolute Gasteiger partial charge is 0.392 e. The number of ether oxygens (including phenoxy) is 1. The van der Waals surface area contributed by atoms with Crippen molar-refractivity contribution in [3.05, 3.63) is 11.7 Å². The third-order valence-corrected chi connectivity index (χ3v) is 3.82. The van der Waals surface area contributed by atoms with E-state index < -0.39 is 6.10 Å². The molecule has 0 radical (unpaired) electrons. The van der Waals surface area contributed by atoms with Crippen molar-refractivity contribution in [3.63, 3.8) is 0 Å². The number of aliphatic hydroxyl groups excluding tert-OH is 1. The van der Waals surface area contributed by atoms with Crippen LogP contribution in [0.25, 0.3) is 0 Å². The SMILES string of the molecule is CCCN1CCOC(c2noc(C(C)C(O)CC)n2)C1. The second-order valence-corrected chi connectivity index (χ2v) is 5.42. The van der Waals surface area contributed by atoms with Crippen molar-refractivity contribution in [1.82, 2.24) is 15.0 Å². The van der Waals surface area contributed by atoms with Crippen LogP contribution in [0.1, 0.15) is 57.3 Å². The molecule has 0 spiro atoms. The van der Waals surface area contributed by atoms with Crippen LogP contribution in [0, 0.1) is 0 Å². The third kappa shape index (κ3) is 3.56. The van der Waals surface area contributed by atoms with E-state index in [2.05, 4.69) is 22.0 Å². The molecule has 0 bridgehead atoms. The van der Waals surface area contributed by atoms with E-state index in [4.69, 9.17) is 9.26 Å². The summed E-state index contributed by atoms with van der Waals surface area (Å²) in [5, 5.41) is 13.9. The van der Waals surface area contributed by atoms with Crippen LogP contribution in [-0.4, -0.2) is 52.5 Å². The molecule has 6 nitrogen and oxygen atoms in total. The standard InChI is InChI=1S/C14H25N3O3/c1-4-6-17-7-8-19-12(9-17)13-15-14(20-16-13)10(3)11(18)5-2/h10-12,18H,4-9H2,1-3H3. The lowest BCUT2D eigenvalue weighted by atomic mass is 10.0. The Kier molecular flexibility index (Phi) is 5.51. The summed E-state index contributed by atoms with van der Waals surface area (Å²) in [6, 6.07) is 0. The van der Waals surface area contributed by atoms with Gasteiger partial charge in [-0.05, 0) is 19.4 Å². The van der Waals surface area contributed by atoms with Gasteiger partial charge in [-0.3, -0.25) is 4.90 Å². The van der Waals surface area contributed by atoms with Gasteiger partial charge in [0.25, 0.3) is 0 Å². The fraction of sp³-hybridized carbons (Fsp3) is 0.857. The van der Waals surface area contributed by atoms with E-state index in [1.807, 2.05) is 13.8 Å². The highest BCUT2D eigenvalue weighted by molar-refractivity contribution is 4.99. The molecule has 1 aromatic heterocycles. The average Bonchev–Trinajstić information content (AvgIpc) is 2.96. The maximum absolute atomic E-state index is 9.84. The van der Waals surface area contributed by atoms with Gasteiger partial charge in [0.05, 0.1) is 18.6 Å². The van der Waals surface area contributed by atoms with Gasteiger partial charge in [0.2, 0.25) is 11.7 Å². The molecule has 20 heavy (non-hydrogen) atoms. The van der Waals surface area contributed by atoms with Crippen molar-refractivity contribution in [1.29, 1.82) is 0 Å². The summed E-state index contributed by atoms with van der Waals surface area (Å²) in [4.78, 5) is 6.76. The fourth-order valence-corrected chi connectivity index (χ4v) is 2.46. The molecular formula is C14H25N3O3. The summed E-state index contributed by atoms with van der Waals surface area (Å²) >= 11 is 0. The van der Waals surface area contributed by atoms with Gasteiger partial charge < -0.3 is 14.4 Å². The highest BCUT2D eigenvalue weighted by Crippen LogP contribution is 2.24. The topological polar surface area (TPSA) is 71.6 Å². The molecule has 6 heteroatoms. The molecule has 0 amide bonds. The predicted octanol–water partition coefficient (Wildman–Crippen LogP) is 1.73. The first-order valence-corrected chi connectivity index (χ1v) is 7.51. The highest BCUT2D eigenvalue weighted by Gasteiger charge is 2.28. The van der Waals surface area contributed by atoms with E-state index in [1.54, 1.807) is 0 Å². The van der Waals surface area contributed by atoms with Gasteiger partial charge >= 0.3 is 0 Å². The molecule has 2 rings (SSSR count). The van der Waals surface area contributed by atoms with Crippen molar-refractivity contribution < 1.29 is 14.4 Å². The molecule has 1 aliphatic rings. The van der Waals surface area contributed by atoms with E-state index in [1.165, 1.54) is 0 Å². The average molecular weight is 283 g/mol. The Morgan fingerprint density at radius 1 is 1.45 bits per heavy atom. The number of aliphatic hydroxyl groups is 1. The van der Waals surface area contributed by atoms with Crippen LogP contribution in [0.15, 0.2) is 4.52 Å². The van der Waals surface area contributed by atoms with Gasteiger partial charge in [-0.1, -0.05) is 25.9 Å². The van der Waals surface area contributed by atoms with Gasteiger partial charge in [-0.15, -0.1) is 0 Å². The first kappa shape index (κ1) is 15.4. The Bertz CT molecular complexity index is 408. The Morgan fingerprint density at radius 3 is 2.95 bits per heavy atom. The Labute approximate surface area is 120 Å². The molecule has 1 aromatic rings. The number of hydrogen-bond donors (Lipinski definition) is 1. The number of morpholine rings is 1. The zero-order chi connectivity index (χ0) is 14.5. The molecule has 3 unspecified atom stereocenters. The number of nitrogens with zero attached hydrogens (tertiary/aromatic N) is 3. The molecule has 114 valence electrons. The maximum atomic E-state index is 9.84. The lowest BCUT2D eigenvalue weighted by Crippen LogP contribution is -2.39. The quantitative estimate of drug-likeness (QED) is 0.857. The van der Waals surface area contributed by atoms with E-state index in [0.717, 1.165) is 26.1 Å². The molecule has 1 fully saturated rings. The molecule has 0 aromatic carbocycles. The first-order chi connectivity index (χ1) is 9.65. The van der Waals surface area contributed by atoms with Crippen LogP contribution in [0.5, 0.6) is 0 Å². The molecule has 1 saturated heterocycles. The minimum absolute atomic E-state index is 0.126. The molecule has 1 N–H and O–H groups in total. The number of hydrogen-bond acceptors (Lipinski definition) is 6. The van der Waals surface area contributed by atoms with Crippen LogP contribution in [0.3, 0.4) is 0 Å². The second kappa shape index (κ2) is 7.15. The molecule has 0 saturated carbocycles. The van der Waals surface area contributed by atoms with Crippen molar-refractivity contribution >= 4 is 0 Å². The fourth-order valence-electron chi connectivity index (χ4n) is 2.46. The summed E-state index contributed by atoms with van der Waals surface area (Å²) in [6.07, 6.45) is 1.22. The van der Waals surface area contributed by atoms with E-state index >= 15 is 0 Å². The van der Waals surface area contributed by atoms with E-state index in [0.29, 0.717) is 24.7 Å². The van der Waals surface area contributed by atoms with Gasteiger partial charge in [-0.25, -0.2) is 0 Å². The molecule has 2 heterocycles. The zero-order valence-electron chi connectivity index (χ0n) is 12.6. The van der Waals surface area contributed by atoms with Crippen LogP contribution >= 0.6 is 0 Å². The zero-order valence-corrected chi connectivity index (χ0v) is 12.6. The number of aromatic nitrogens is 2. The highest BCUT2D eigenvalue weighted by atomic mass is 16.5. The van der Waals surface area contributed by atoms with Crippen LogP contribution in [0.2, 0.25) is 0 Å². The minimum atomic E-state index is -0.452. The van der Waals surface area contributed by atoms with Gasteiger partial charge in [0, 0.05) is 13.1 Å². The lowest BCUT2D eigenvalue weighted by Gasteiger charge is -2.30. The monoisotopic (exact) mass is 283 g/mol. The van der Waals surface area contributed by atoms with E-state index in [-0.39, 0.29) is 12.0 Å². The minimum Gasteiger partial charge on any atom is -0.392 e. The van der Waals surface area contributed by atoms with Gasteiger partial charge in [-0.2, -0.15) is 4.98 Å². The summed E-state index contributed by atoms with van der Waals surface area (Å²) < 4.78 is 11.0. The maximum Gasteiger partial charge on any atom is 0.232 e. The van der Waals surface area contributed by atoms with Crippen LogP contribution in [0.4, 0.5) is 0 Å². The van der Waals surface area contributed by atoms with Crippen molar-refractivity contribution in [2.45, 2.75) is 51.7 Å². The lowest BCUT2D eigenvalue weighted by molar-refractivity contribution is -0.0350. The molecule has 3 atom stereocenters. The number of rotatable bonds is 6. The van der Waals surface area contributed by atoms with E-state index in [9.17, 15) is 5.11 Å². The Balaban J connectivity index is 2.01. The van der Waals surface area contributed by atoms with Gasteiger partial charge in [0.15, 0.2) is 0 Å². The second-order valence-electron chi connectivity index (χ2n) is 5.42. The molecule has 1 aliphatic heterocycles. The third-order valence-electron chi connectivity index (χ3n) is 3.82. The molecule has 0 aliphatic carbocycles. The van der Waals surface area contributed by atoms with Crippen LogP contribution < -0.4 is 0 Å². The first-order valence-electron chi connectivity index (χ1n) is 7.51. The summed E-state index contributed by atoms with van der Waals surface area (Å²) in [5.41, 5.74) is 0. The molecular weight excluding hydrogens is 258 g/mol. The Hall–Kier alpha value is -0.980. The normalized spacial score (nSPS) is 23.7. The van der Waals surface area contributed by atoms with Crippen LogP contribution in [-0.2, 0) is 4.74 Å². The Morgan fingerprint density at radius 2 is 2.25 bits per heavy atom. The van der Waals surface area contributed by atoms with Crippen molar-refractivity contribution in [2.24, 2.45) is 0 Å². The van der Waals surface area contributed by atoms with Gasteiger partial charge in [0.1, 0.15) is 6.10 Å². The predicted molar refractivity (Wildman–Crippen MR) is 74.4 cm³/mol. The summed E-state index contributed by atoms with van der Waals surface area (Å²) in [5.74, 6) is 0.943. The summed E-state index contributed by atoms with van der Waals surface area (Å²) in [6.45, 7) is 9.53. The summed E-state index contributed by atoms with van der Waals surface area (Å²) in [7, 11) is 0. The van der Waals surface area contributed by atoms with Crippen molar-refractivity contribution in [2.75, 3.05) is 26.2 Å². The smallest absolute Gasteiger partial charge is 0.232 e. The van der Waals surface area contributed by atoms with Crippen molar-refractivity contribution in [3.8, 4) is 0 Å².